The van der Waals surface area contributed by atoms with Crippen LogP contribution in [0.2, 0.25) is 10.0 Å². The van der Waals surface area contributed by atoms with Gasteiger partial charge in [-0.25, -0.2) is 8.42 Å². The van der Waals surface area contributed by atoms with Gasteiger partial charge in [-0.3, -0.25) is 13.9 Å². The number of hydrogen-bond acceptors (Lipinski definition) is 4. The summed E-state index contributed by atoms with van der Waals surface area (Å²) in [6.45, 7) is 3.42. The molecule has 3 rings (SSSR count). The van der Waals surface area contributed by atoms with Gasteiger partial charge in [0.2, 0.25) is 21.8 Å². The van der Waals surface area contributed by atoms with Gasteiger partial charge in [-0.1, -0.05) is 72.6 Å². The first-order chi connectivity index (χ1) is 18.5. The third kappa shape index (κ3) is 8.98. The highest BCUT2D eigenvalue weighted by molar-refractivity contribution is 7.92. The average molecular weight is 591 g/mol. The number of carbonyl (C=O) groups excluding carboxylic acids is 2. The molecule has 0 saturated heterocycles. The molecule has 0 aliphatic heterocycles. The van der Waals surface area contributed by atoms with Gasteiger partial charge in [-0.2, -0.15) is 0 Å². The molecule has 0 heterocycles. The minimum atomic E-state index is -3.85. The standard InChI is InChI=1S/C29H33Cl2N3O4S/c1-4-21(2)32-29(36)27(18-22-9-6-5-7-10-22)33(19-23-11-8-12-25(31)17-23)28(35)20-34(39(3,37)38)26-15-13-24(30)14-16-26/h5-17,21,27H,4,18-20H2,1-3H3,(H,32,36)/t21-,27+/m1/s1. The second kappa shape index (κ2) is 13.8. The summed E-state index contributed by atoms with van der Waals surface area (Å²) >= 11 is 12.2. The smallest absolute Gasteiger partial charge is 0.244 e. The average Bonchev–Trinajstić information content (AvgIpc) is 2.89. The van der Waals surface area contributed by atoms with Crippen LogP contribution in [0, 0.1) is 0 Å². The van der Waals surface area contributed by atoms with Gasteiger partial charge in [-0.05, 0) is 60.9 Å². The second-order valence-corrected chi connectivity index (χ2v) is 12.2. The number of nitrogens with zero attached hydrogens (tertiary/aromatic N) is 2. The van der Waals surface area contributed by atoms with Crippen molar-refractivity contribution in [1.82, 2.24) is 10.2 Å². The molecule has 0 aliphatic carbocycles. The van der Waals surface area contributed by atoms with Gasteiger partial charge < -0.3 is 10.2 Å². The Kier molecular flexibility index (Phi) is 10.8. The molecular weight excluding hydrogens is 557 g/mol. The van der Waals surface area contributed by atoms with E-state index in [0.29, 0.717) is 27.7 Å². The fraction of sp³-hybridized carbons (Fsp3) is 0.310. The van der Waals surface area contributed by atoms with Crippen LogP contribution >= 0.6 is 23.2 Å². The first-order valence-electron chi connectivity index (χ1n) is 12.6. The van der Waals surface area contributed by atoms with Crippen LogP contribution < -0.4 is 9.62 Å². The molecule has 0 radical (unpaired) electrons. The number of nitrogens with one attached hydrogen (secondary N) is 1. The monoisotopic (exact) mass is 589 g/mol. The number of benzene rings is 3. The Morgan fingerprint density at radius 2 is 1.54 bits per heavy atom. The first kappa shape index (κ1) is 30.5. The number of amides is 2. The van der Waals surface area contributed by atoms with Gasteiger partial charge in [0.25, 0.3) is 0 Å². The largest absolute Gasteiger partial charge is 0.352 e. The van der Waals surface area contributed by atoms with E-state index in [1.165, 1.54) is 17.0 Å². The SMILES string of the molecule is CC[C@@H](C)NC(=O)[C@H](Cc1ccccc1)N(Cc1cccc(Cl)c1)C(=O)CN(c1ccc(Cl)cc1)S(C)(=O)=O. The van der Waals surface area contributed by atoms with E-state index < -0.39 is 28.5 Å². The van der Waals surface area contributed by atoms with Gasteiger partial charge in [0.1, 0.15) is 12.6 Å². The Bertz CT molecular complexity index is 1370. The maximum absolute atomic E-state index is 14.0. The van der Waals surface area contributed by atoms with E-state index in [1.807, 2.05) is 50.2 Å². The molecule has 0 spiro atoms. The van der Waals surface area contributed by atoms with Crippen LogP contribution in [0.3, 0.4) is 0 Å². The Morgan fingerprint density at radius 1 is 0.897 bits per heavy atom. The van der Waals surface area contributed by atoms with Crippen molar-refractivity contribution in [3.05, 3.63) is 100 Å². The lowest BCUT2D eigenvalue weighted by Gasteiger charge is -2.34. The van der Waals surface area contributed by atoms with Crippen LogP contribution in [0.5, 0.6) is 0 Å². The summed E-state index contributed by atoms with van der Waals surface area (Å²) in [5.74, 6) is -0.850. The van der Waals surface area contributed by atoms with E-state index in [4.69, 9.17) is 23.2 Å². The minimum Gasteiger partial charge on any atom is -0.352 e. The molecular formula is C29H33Cl2N3O4S. The van der Waals surface area contributed by atoms with Crippen LogP contribution in [0.15, 0.2) is 78.9 Å². The zero-order valence-electron chi connectivity index (χ0n) is 22.2. The number of anilines is 1. The number of rotatable bonds is 12. The van der Waals surface area contributed by atoms with Gasteiger partial charge in [0.05, 0.1) is 11.9 Å². The van der Waals surface area contributed by atoms with Crippen LogP contribution in [0.1, 0.15) is 31.4 Å². The van der Waals surface area contributed by atoms with Crippen molar-refractivity contribution in [1.29, 1.82) is 0 Å². The van der Waals surface area contributed by atoms with E-state index in [0.717, 1.165) is 16.1 Å². The summed E-state index contributed by atoms with van der Waals surface area (Å²) in [5, 5.41) is 3.92. The van der Waals surface area contributed by atoms with Crippen molar-refractivity contribution >= 4 is 50.7 Å². The summed E-state index contributed by atoms with van der Waals surface area (Å²) in [5.41, 5.74) is 1.87. The van der Waals surface area contributed by atoms with Gasteiger partial charge >= 0.3 is 0 Å². The summed E-state index contributed by atoms with van der Waals surface area (Å²) < 4.78 is 26.6. The molecule has 0 aliphatic rings. The van der Waals surface area contributed by atoms with Crippen LogP contribution in [0.4, 0.5) is 5.69 Å². The zero-order valence-corrected chi connectivity index (χ0v) is 24.5. The topological polar surface area (TPSA) is 86.8 Å². The molecule has 3 aromatic rings. The maximum atomic E-state index is 14.0. The fourth-order valence-electron chi connectivity index (χ4n) is 4.05. The van der Waals surface area contributed by atoms with Crippen molar-refractivity contribution < 1.29 is 18.0 Å². The number of hydrogen-bond donors (Lipinski definition) is 1. The quantitative estimate of drug-likeness (QED) is 0.310. The maximum Gasteiger partial charge on any atom is 0.244 e. The molecule has 0 unspecified atom stereocenters. The van der Waals surface area contributed by atoms with E-state index in [-0.39, 0.29) is 24.9 Å². The predicted molar refractivity (Wildman–Crippen MR) is 157 cm³/mol. The highest BCUT2D eigenvalue weighted by Gasteiger charge is 2.33. The lowest BCUT2D eigenvalue weighted by molar-refractivity contribution is -0.140. The highest BCUT2D eigenvalue weighted by atomic mass is 35.5. The first-order valence-corrected chi connectivity index (χ1v) is 15.2. The molecule has 7 nitrogen and oxygen atoms in total. The molecule has 208 valence electrons. The van der Waals surface area contributed by atoms with Crippen LogP contribution in [-0.4, -0.2) is 50.0 Å². The molecule has 0 saturated carbocycles. The van der Waals surface area contributed by atoms with Crippen molar-refractivity contribution in [3.63, 3.8) is 0 Å². The zero-order chi connectivity index (χ0) is 28.6. The molecule has 10 heteroatoms. The van der Waals surface area contributed by atoms with E-state index in [1.54, 1.807) is 30.3 Å². The molecule has 1 N–H and O–H groups in total. The van der Waals surface area contributed by atoms with Crippen LogP contribution in [-0.2, 0) is 32.6 Å². The summed E-state index contributed by atoms with van der Waals surface area (Å²) in [6.07, 6.45) is 1.99. The lowest BCUT2D eigenvalue weighted by atomic mass is 10.0. The molecule has 0 fully saturated rings. The number of sulfonamides is 1. The molecule has 2 amide bonds. The van der Waals surface area contributed by atoms with Crippen LogP contribution in [0.25, 0.3) is 0 Å². The van der Waals surface area contributed by atoms with E-state index in [9.17, 15) is 18.0 Å². The Morgan fingerprint density at radius 3 is 2.13 bits per heavy atom. The second-order valence-electron chi connectivity index (χ2n) is 9.42. The van der Waals surface area contributed by atoms with Crippen molar-refractivity contribution in [3.8, 4) is 0 Å². The molecule has 2 atom stereocenters. The number of halogens is 2. The third-order valence-electron chi connectivity index (χ3n) is 6.31. The minimum absolute atomic E-state index is 0.0586. The van der Waals surface area contributed by atoms with Crippen molar-refractivity contribution in [2.24, 2.45) is 0 Å². The van der Waals surface area contributed by atoms with E-state index >= 15 is 0 Å². The fourth-order valence-corrected chi connectivity index (χ4v) is 5.24. The summed E-state index contributed by atoms with van der Waals surface area (Å²) in [4.78, 5) is 29.1. The normalized spacial score (nSPS) is 12.8. The van der Waals surface area contributed by atoms with Gasteiger partial charge in [0, 0.05) is 29.1 Å². The molecule has 0 aromatic heterocycles. The summed E-state index contributed by atoms with van der Waals surface area (Å²) in [6, 6.07) is 21.6. The Balaban J connectivity index is 2.05. The highest BCUT2D eigenvalue weighted by Crippen LogP contribution is 2.23. The number of carbonyl (C=O) groups is 2. The van der Waals surface area contributed by atoms with Gasteiger partial charge in [-0.15, -0.1) is 0 Å². The predicted octanol–water partition coefficient (Wildman–Crippen LogP) is 5.31. The van der Waals surface area contributed by atoms with Crippen molar-refractivity contribution in [2.75, 3.05) is 17.1 Å². The molecule has 0 bridgehead atoms. The van der Waals surface area contributed by atoms with Gasteiger partial charge in [0.15, 0.2) is 0 Å². The molecule has 39 heavy (non-hydrogen) atoms. The summed E-state index contributed by atoms with van der Waals surface area (Å²) in [7, 11) is -3.85. The lowest BCUT2D eigenvalue weighted by Crippen LogP contribution is -2.54. The molecule has 3 aromatic carbocycles. The Hall–Kier alpha value is -3.07. The van der Waals surface area contributed by atoms with E-state index in [2.05, 4.69) is 5.32 Å². The Labute approximate surface area is 240 Å². The van der Waals surface area contributed by atoms with Crippen molar-refractivity contribution in [2.45, 2.75) is 45.3 Å². The third-order valence-corrected chi connectivity index (χ3v) is 7.94.